The Bertz CT molecular complexity index is 1220. The molecule has 1 saturated heterocycles. The zero-order valence-corrected chi connectivity index (χ0v) is 16.3. The molecule has 0 aromatic carbocycles. The Hall–Kier alpha value is -3.79. The summed E-state index contributed by atoms with van der Waals surface area (Å²) in [7, 11) is 0. The van der Waals surface area contributed by atoms with Crippen molar-refractivity contribution in [3.05, 3.63) is 48.5 Å². The number of nitrogens with two attached hydrogens (primary N) is 1. The highest BCUT2D eigenvalue weighted by Crippen LogP contribution is 2.34. The summed E-state index contributed by atoms with van der Waals surface area (Å²) in [6.07, 6.45) is 5.00. The number of ether oxygens (including phenoxy) is 1. The third-order valence-electron chi connectivity index (χ3n) is 5.22. The minimum Gasteiger partial charge on any atom is -0.377 e. The van der Waals surface area contributed by atoms with E-state index in [4.69, 9.17) is 15.5 Å². The molecule has 0 unspecified atom stereocenters. The van der Waals surface area contributed by atoms with Gasteiger partial charge in [-0.15, -0.1) is 0 Å². The summed E-state index contributed by atoms with van der Waals surface area (Å²) in [5.74, 6) is 0.804. The van der Waals surface area contributed by atoms with E-state index in [0.29, 0.717) is 36.8 Å². The van der Waals surface area contributed by atoms with Crippen LogP contribution in [-0.4, -0.2) is 61.7 Å². The number of primary amides is 1. The summed E-state index contributed by atoms with van der Waals surface area (Å²) in [6.45, 7) is 4.05. The van der Waals surface area contributed by atoms with Gasteiger partial charge in [-0.3, -0.25) is 14.9 Å². The first-order chi connectivity index (χ1) is 14.6. The van der Waals surface area contributed by atoms with Crippen LogP contribution in [0.25, 0.3) is 28.0 Å². The lowest BCUT2D eigenvalue weighted by Crippen LogP contribution is -2.44. The molecule has 10 nitrogen and oxygen atoms in total. The number of rotatable bonds is 4. The highest BCUT2D eigenvalue weighted by molar-refractivity contribution is 6.03. The third kappa shape index (κ3) is 2.98. The number of nitrogens with zero attached hydrogens (tertiary/aromatic N) is 6. The Balaban J connectivity index is 1.78. The van der Waals surface area contributed by atoms with Crippen molar-refractivity contribution >= 4 is 22.8 Å². The zero-order valence-electron chi connectivity index (χ0n) is 16.3. The molecule has 0 radical (unpaired) electrons. The van der Waals surface area contributed by atoms with Crippen LogP contribution in [-0.2, 0) is 4.74 Å². The molecule has 1 aliphatic rings. The number of hydrogen-bond donors (Lipinski definition) is 2. The van der Waals surface area contributed by atoms with Crippen LogP contribution >= 0.6 is 0 Å². The molecule has 0 saturated carbocycles. The second-order valence-electron chi connectivity index (χ2n) is 7.14. The van der Waals surface area contributed by atoms with E-state index in [2.05, 4.69) is 32.1 Å². The first-order valence-electron chi connectivity index (χ1n) is 9.62. The predicted molar refractivity (Wildman–Crippen MR) is 110 cm³/mol. The standard InChI is InChI=1S/C20H20N8O2/c1-12-11-30-8-7-27(12)17-9-14(13-3-2-5-22-18(13)19(21)29)15-10-24-28(20(15)25-17)16-4-6-23-26-16/h2-6,9-10,12H,7-8,11H2,1H3,(H2,21,29)(H,23,26)/t12-/m1/s1. The molecular formula is C20H20N8O2. The second-order valence-corrected chi connectivity index (χ2v) is 7.14. The molecule has 1 fully saturated rings. The molecule has 0 aliphatic carbocycles. The van der Waals surface area contributed by atoms with E-state index in [1.165, 1.54) is 0 Å². The van der Waals surface area contributed by atoms with Crippen molar-refractivity contribution in [1.82, 2.24) is 29.9 Å². The fraction of sp³-hybridized carbons (Fsp3) is 0.250. The maximum Gasteiger partial charge on any atom is 0.267 e. The predicted octanol–water partition coefficient (Wildman–Crippen LogP) is 1.53. The van der Waals surface area contributed by atoms with Gasteiger partial charge in [-0.25, -0.2) is 4.98 Å². The number of amides is 1. The van der Waals surface area contributed by atoms with Crippen molar-refractivity contribution in [2.45, 2.75) is 13.0 Å². The third-order valence-corrected chi connectivity index (χ3v) is 5.22. The van der Waals surface area contributed by atoms with Crippen molar-refractivity contribution < 1.29 is 9.53 Å². The van der Waals surface area contributed by atoms with Crippen LogP contribution in [0.5, 0.6) is 0 Å². The minimum absolute atomic E-state index is 0.155. The first-order valence-corrected chi connectivity index (χ1v) is 9.62. The number of aromatic amines is 1. The van der Waals surface area contributed by atoms with E-state index in [9.17, 15) is 4.79 Å². The molecule has 4 aromatic rings. The van der Waals surface area contributed by atoms with E-state index in [-0.39, 0.29) is 11.7 Å². The van der Waals surface area contributed by atoms with Gasteiger partial charge in [0.05, 0.1) is 25.5 Å². The average Bonchev–Trinajstić information content (AvgIpc) is 3.43. The number of nitrogens with one attached hydrogen (secondary N) is 1. The molecule has 4 aromatic heterocycles. The molecular weight excluding hydrogens is 384 g/mol. The number of morpholine rings is 1. The van der Waals surface area contributed by atoms with Gasteiger partial charge in [0.2, 0.25) is 0 Å². The number of H-pyrrole nitrogens is 1. The van der Waals surface area contributed by atoms with E-state index in [0.717, 1.165) is 16.8 Å². The fourth-order valence-corrected chi connectivity index (χ4v) is 3.78. The first kappa shape index (κ1) is 18.3. The van der Waals surface area contributed by atoms with Crippen LogP contribution in [0.3, 0.4) is 0 Å². The van der Waals surface area contributed by atoms with Crippen LogP contribution in [0.2, 0.25) is 0 Å². The Morgan fingerprint density at radius 1 is 1.30 bits per heavy atom. The van der Waals surface area contributed by atoms with Gasteiger partial charge in [0.1, 0.15) is 11.5 Å². The molecule has 1 aliphatic heterocycles. The molecule has 152 valence electrons. The summed E-state index contributed by atoms with van der Waals surface area (Å²) in [4.78, 5) is 23.3. The maximum absolute atomic E-state index is 12.0. The summed E-state index contributed by atoms with van der Waals surface area (Å²) >= 11 is 0. The van der Waals surface area contributed by atoms with Gasteiger partial charge in [0, 0.05) is 41.5 Å². The smallest absolute Gasteiger partial charge is 0.267 e. The molecule has 1 atom stereocenters. The normalized spacial score (nSPS) is 16.8. The summed E-state index contributed by atoms with van der Waals surface area (Å²) < 4.78 is 7.25. The van der Waals surface area contributed by atoms with Crippen molar-refractivity contribution in [2.75, 3.05) is 24.7 Å². The lowest BCUT2D eigenvalue weighted by molar-refractivity contribution is 0.0985. The Morgan fingerprint density at radius 3 is 2.97 bits per heavy atom. The van der Waals surface area contributed by atoms with Gasteiger partial charge < -0.3 is 15.4 Å². The van der Waals surface area contributed by atoms with E-state index in [1.807, 2.05) is 18.2 Å². The lowest BCUT2D eigenvalue weighted by Gasteiger charge is -2.34. The molecule has 0 bridgehead atoms. The fourth-order valence-electron chi connectivity index (χ4n) is 3.78. The number of hydrogen-bond acceptors (Lipinski definition) is 7. The zero-order chi connectivity index (χ0) is 20.7. The van der Waals surface area contributed by atoms with Gasteiger partial charge in [-0.2, -0.15) is 14.9 Å². The van der Waals surface area contributed by atoms with Crippen LogP contribution in [0, 0.1) is 0 Å². The number of anilines is 1. The van der Waals surface area contributed by atoms with E-state index in [1.54, 1.807) is 29.3 Å². The molecule has 1 amide bonds. The quantitative estimate of drug-likeness (QED) is 0.528. The average molecular weight is 404 g/mol. The summed E-state index contributed by atoms with van der Waals surface area (Å²) in [5, 5.41) is 12.3. The number of fused-ring (bicyclic) bond motifs is 1. The SMILES string of the molecule is C[C@@H]1COCCN1c1cc(-c2cccnc2C(N)=O)c2cnn(-c3cc[nH]n3)c2n1. The number of aromatic nitrogens is 6. The monoisotopic (exact) mass is 404 g/mol. The molecule has 3 N–H and O–H groups in total. The lowest BCUT2D eigenvalue weighted by atomic mass is 10.0. The Morgan fingerprint density at radius 2 is 2.20 bits per heavy atom. The minimum atomic E-state index is -0.587. The van der Waals surface area contributed by atoms with Gasteiger partial charge in [0.25, 0.3) is 5.91 Å². The Kier molecular flexibility index (Phi) is 4.40. The highest BCUT2D eigenvalue weighted by Gasteiger charge is 2.24. The summed E-state index contributed by atoms with van der Waals surface area (Å²) in [5.41, 5.74) is 7.87. The van der Waals surface area contributed by atoms with Crippen LogP contribution < -0.4 is 10.6 Å². The van der Waals surface area contributed by atoms with Crippen molar-refractivity contribution in [3.63, 3.8) is 0 Å². The number of carbonyl (C=O) groups is 1. The second kappa shape index (κ2) is 7.23. The van der Waals surface area contributed by atoms with Crippen molar-refractivity contribution in [2.24, 2.45) is 5.73 Å². The van der Waals surface area contributed by atoms with Crippen LogP contribution in [0.15, 0.2) is 42.9 Å². The maximum atomic E-state index is 12.0. The van der Waals surface area contributed by atoms with Gasteiger partial charge in [-0.1, -0.05) is 6.07 Å². The van der Waals surface area contributed by atoms with Gasteiger partial charge in [0.15, 0.2) is 11.5 Å². The van der Waals surface area contributed by atoms with Crippen molar-refractivity contribution in [1.29, 1.82) is 0 Å². The van der Waals surface area contributed by atoms with Gasteiger partial charge in [-0.05, 0) is 19.1 Å². The van der Waals surface area contributed by atoms with Crippen LogP contribution in [0.4, 0.5) is 5.82 Å². The summed E-state index contributed by atoms with van der Waals surface area (Å²) in [6, 6.07) is 7.55. The Labute approximate surface area is 171 Å². The topological polar surface area (TPSA) is 128 Å². The molecule has 10 heteroatoms. The molecule has 5 heterocycles. The number of pyridine rings is 2. The van der Waals surface area contributed by atoms with Crippen molar-refractivity contribution in [3.8, 4) is 16.9 Å². The largest absolute Gasteiger partial charge is 0.377 e. The highest BCUT2D eigenvalue weighted by atomic mass is 16.5. The van der Waals surface area contributed by atoms with Crippen LogP contribution in [0.1, 0.15) is 17.4 Å². The molecule has 5 rings (SSSR count). The van der Waals surface area contributed by atoms with E-state index >= 15 is 0 Å². The molecule has 0 spiro atoms. The van der Waals surface area contributed by atoms with Gasteiger partial charge >= 0.3 is 0 Å². The van der Waals surface area contributed by atoms with E-state index < -0.39 is 5.91 Å². The molecule has 30 heavy (non-hydrogen) atoms. The number of carbonyl (C=O) groups excluding carboxylic acids is 1.